The molecule has 0 amide bonds. The zero-order valence-corrected chi connectivity index (χ0v) is 13.4. The topological polar surface area (TPSA) is 69.4 Å². The largest absolute Gasteiger partial charge is 0.412 e. The molecule has 0 aromatic heterocycles. The van der Waals surface area contributed by atoms with Crippen LogP contribution in [0.15, 0.2) is 18.2 Å². The standard InChI is InChI=1S/C18H23NO3/c1-10-9-18(2,3)17(21)15(16(10)20)14-8-12(22-19)6-7-13(14)11-4-5-11/h6-8,10-11,15H,4-5,9,19H2,1-3H3. The molecule has 0 radical (unpaired) electrons. The predicted molar refractivity (Wildman–Crippen MR) is 83.5 cm³/mol. The summed E-state index contributed by atoms with van der Waals surface area (Å²) in [5.41, 5.74) is 1.44. The number of carbonyl (C=O) groups is 2. The van der Waals surface area contributed by atoms with Crippen LogP contribution in [0.25, 0.3) is 0 Å². The highest BCUT2D eigenvalue weighted by molar-refractivity contribution is 6.12. The number of carbonyl (C=O) groups excluding carboxylic acids is 2. The van der Waals surface area contributed by atoms with E-state index in [2.05, 4.69) is 0 Å². The van der Waals surface area contributed by atoms with E-state index in [0.29, 0.717) is 18.1 Å². The summed E-state index contributed by atoms with van der Waals surface area (Å²) in [5, 5.41) is 0. The van der Waals surface area contributed by atoms with Crippen LogP contribution in [0, 0.1) is 11.3 Å². The van der Waals surface area contributed by atoms with Crippen molar-refractivity contribution in [3.8, 4) is 5.75 Å². The molecular weight excluding hydrogens is 278 g/mol. The highest BCUT2D eigenvalue weighted by Crippen LogP contribution is 2.48. The molecule has 2 unspecified atom stereocenters. The lowest BCUT2D eigenvalue weighted by Gasteiger charge is -2.37. The molecule has 2 saturated carbocycles. The maximum Gasteiger partial charge on any atom is 0.153 e. The van der Waals surface area contributed by atoms with Crippen LogP contribution >= 0.6 is 0 Å². The van der Waals surface area contributed by atoms with E-state index in [1.54, 1.807) is 6.07 Å². The Morgan fingerprint density at radius 3 is 2.45 bits per heavy atom. The fourth-order valence-electron chi connectivity index (χ4n) is 3.71. The van der Waals surface area contributed by atoms with Gasteiger partial charge in [-0.05, 0) is 48.4 Å². The van der Waals surface area contributed by atoms with Crippen LogP contribution in [0.3, 0.4) is 0 Å². The van der Waals surface area contributed by atoms with Gasteiger partial charge in [-0.25, -0.2) is 0 Å². The Kier molecular flexibility index (Phi) is 3.60. The monoisotopic (exact) mass is 301 g/mol. The molecule has 0 bridgehead atoms. The number of rotatable bonds is 3. The van der Waals surface area contributed by atoms with E-state index in [0.717, 1.165) is 24.0 Å². The third-order valence-electron chi connectivity index (χ3n) is 5.04. The van der Waals surface area contributed by atoms with Gasteiger partial charge in [-0.1, -0.05) is 26.8 Å². The van der Waals surface area contributed by atoms with Gasteiger partial charge in [0, 0.05) is 11.3 Å². The smallest absolute Gasteiger partial charge is 0.153 e. The molecule has 2 aliphatic rings. The maximum absolute atomic E-state index is 12.9. The normalized spacial score (nSPS) is 27.8. The highest BCUT2D eigenvalue weighted by Gasteiger charge is 2.47. The van der Waals surface area contributed by atoms with Crippen molar-refractivity contribution in [3.63, 3.8) is 0 Å². The van der Waals surface area contributed by atoms with Crippen molar-refractivity contribution in [2.45, 2.75) is 51.9 Å². The zero-order chi connectivity index (χ0) is 16.1. The lowest BCUT2D eigenvalue weighted by molar-refractivity contribution is -0.142. The van der Waals surface area contributed by atoms with Crippen molar-refractivity contribution in [2.75, 3.05) is 0 Å². The Hall–Kier alpha value is -1.68. The zero-order valence-electron chi connectivity index (χ0n) is 13.4. The van der Waals surface area contributed by atoms with Crippen LogP contribution in [0.5, 0.6) is 5.75 Å². The molecule has 0 aliphatic heterocycles. The summed E-state index contributed by atoms with van der Waals surface area (Å²) in [5.74, 6) is 5.49. The summed E-state index contributed by atoms with van der Waals surface area (Å²) in [6.07, 6.45) is 2.85. The van der Waals surface area contributed by atoms with E-state index in [1.165, 1.54) is 0 Å². The Morgan fingerprint density at radius 2 is 1.86 bits per heavy atom. The van der Waals surface area contributed by atoms with Gasteiger partial charge >= 0.3 is 0 Å². The van der Waals surface area contributed by atoms with Crippen molar-refractivity contribution < 1.29 is 14.4 Å². The molecule has 0 spiro atoms. The molecule has 4 nitrogen and oxygen atoms in total. The van der Waals surface area contributed by atoms with E-state index in [9.17, 15) is 9.59 Å². The van der Waals surface area contributed by atoms with Gasteiger partial charge in [0.05, 0.1) is 0 Å². The summed E-state index contributed by atoms with van der Waals surface area (Å²) in [7, 11) is 0. The number of Topliss-reactive ketones (excluding diaryl/α,β-unsaturated/α-hetero) is 2. The van der Waals surface area contributed by atoms with Gasteiger partial charge in [0.2, 0.25) is 0 Å². The van der Waals surface area contributed by atoms with E-state index in [4.69, 9.17) is 10.7 Å². The third-order valence-corrected chi connectivity index (χ3v) is 5.04. The lowest BCUT2D eigenvalue weighted by Crippen LogP contribution is -2.43. The molecule has 22 heavy (non-hydrogen) atoms. The van der Waals surface area contributed by atoms with Crippen molar-refractivity contribution in [2.24, 2.45) is 17.2 Å². The quantitative estimate of drug-likeness (QED) is 0.688. The van der Waals surface area contributed by atoms with Crippen molar-refractivity contribution in [3.05, 3.63) is 29.3 Å². The number of nitrogens with two attached hydrogens (primary N) is 1. The molecule has 1 aromatic rings. The van der Waals surface area contributed by atoms with Gasteiger partial charge in [0.25, 0.3) is 0 Å². The highest BCUT2D eigenvalue weighted by atomic mass is 16.6. The molecule has 2 N–H and O–H groups in total. The molecule has 2 aliphatic carbocycles. The first-order valence-corrected chi connectivity index (χ1v) is 7.94. The Labute approximate surface area is 131 Å². The second-order valence-corrected chi connectivity index (χ2v) is 7.37. The fourth-order valence-corrected chi connectivity index (χ4v) is 3.71. The average molecular weight is 301 g/mol. The second kappa shape index (κ2) is 5.20. The van der Waals surface area contributed by atoms with Gasteiger partial charge in [-0.2, -0.15) is 5.90 Å². The van der Waals surface area contributed by atoms with E-state index >= 15 is 0 Å². The Morgan fingerprint density at radius 1 is 1.18 bits per heavy atom. The Bertz CT molecular complexity index is 631. The molecular formula is C18H23NO3. The molecule has 2 atom stereocenters. The van der Waals surface area contributed by atoms with E-state index in [-0.39, 0.29) is 17.5 Å². The molecule has 3 rings (SSSR count). The summed E-state index contributed by atoms with van der Waals surface area (Å²) in [4.78, 5) is 30.5. The van der Waals surface area contributed by atoms with Gasteiger partial charge in [0.15, 0.2) is 11.6 Å². The van der Waals surface area contributed by atoms with Crippen LogP contribution in [-0.4, -0.2) is 11.6 Å². The number of hydrogen-bond donors (Lipinski definition) is 1. The predicted octanol–water partition coefficient (Wildman–Crippen LogP) is 3.10. The maximum atomic E-state index is 12.9. The minimum atomic E-state index is -0.676. The van der Waals surface area contributed by atoms with Crippen molar-refractivity contribution in [1.82, 2.24) is 0 Å². The minimum Gasteiger partial charge on any atom is -0.412 e. The summed E-state index contributed by atoms with van der Waals surface area (Å²) < 4.78 is 0. The first kappa shape index (κ1) is 15.2. The summed E-state index contributed by atoms with van der Waals surface area (Å²) >= 11 is 0. The van der Waals surface area contributed by atoms with Gasteiger partial charge in [-0.3, -0.25) is 9.59 Å². The van der Waals surface area contributed by atoms with Crippen LogP contribution < -0.4 is 10.7 Å². The van der Waals surface area contributed by atoms with Crippen LogP contribution in [-0.2, 0) is 9.59 Å². The average Bonchev–Trinajstić information content (AvgIpc) is 3.30. The molecule has 4 heteroatoms. The molecule has 1 aromatic carbocycles. The molecule has 118 valence electrons. The fraction of sp³-hybridized carbons (Fsp3) is 0.556. The van der Waals surface area contributed by atoms with Gasteiger partial charge < -0.3 is 4.84 Å². The Balaban J connectivity index is 2.11. The van der Waals surface area contributed by atoms with Gasteiger partial charge in [-0.15, -0.1) is 0 Å². The summed E-state index contributed by atoms with van der Waals surface area (Å²) in [6, 6.07) is 5.55. The molecule has 0 saturated heterocycles. The van der Waals surface area contributed by atoms with Crippen molar-refractivity contribution in [1.29, 1.82) is 0 Å². The number of benzene rings is 1. The lowest BCUT2D eigenvalue weighted by atomic mass is 9.64. The van der Waals surface area contributed by atoms with Gasteiger partial charge in [0.1, 0.15) is 11.7 Å². The SMILES string of the molecule is CC1CC(C)(C)C(=O)C(c2cc(ON)ccc2C2CC2)C1=O. The first-order valence-electron chi connectivity index (χ1n) is 7.94. The number of hydrogen-bond acceptors (Lipinski definition) is 4. The molecule has 2 fully saturated rings. The van der Waals surface area contributed by atoms with E-state index in [1.807, 2.05) is 32.9 Å². The minimum absolute atomic E-state index is 0.0201. The van der Waals surface area contributed by atoms with Crippen LogP contribution in [0.1, 0.15) is 63.0 Å². The van der Waals surface area contributed by atoms with E-state index < -0.39 is 11.3 Å². The second-order valence-electron chi connectivity index (χ2n) is 7.37. The van der Waals surface area contributed by atoms with Crippen LogP contribution in [0.4, 0.5) is 0 Å². The third kappa shape index (κ3) is 2.45. The van der Waals surface area contributed by atoms with Crippen molar-refractivity contribution >= 4 is 11.6 Å². The summed E-state index contributed by atoms with van der Waals surface area (Å²) in [6.45, 7) is 5.79. The molecule has 0 heterocycles. The first-order chi connectivity index (χ1) is 10.3. The number of ketones is 2. The van der Waals surface area contributed by atoms with Crippen LogP contribution in [0.2, 0.25) is 0 Å².